The van der Waals surface area contributed by atoms with Gasteiger partial charge in [-0.2, -0.15) is 4.57 Å². The standard InChI is InChI=1S/C41H29N3/c1-3-14-34(15-4-1)43(39-21-11-13-32-12-7-8-18-37(32)39)36-28-26-31(27-29-36)30-22-24-33(25-23-30)41-42-38-19-9-10-20-40(38)44(41)35-16-5-2-6-17-35/h1-29H/p+1. The number of anilines is 3. The number of rotatable bonds is 6. The van der Waals surface area contributed by atoms with E-state index in [1.54, 1.807) is 0 Å². The second-order valence-electron chi connectivity index (χ2n) is 11.0. The molecule has 3 heteroatoms. The zero-order valence-electron chi connectivity index (χ0n) is 24.1. The van der Waals surface area contributed by atoms with E-state index in [2.05, 4.69) is 190 Å². The average Bonchev–Trinajstić information content (AvgIpc) is 3.50. The number of nitrogens with zero attached hydrogens (tertiary/aromatic N) is 2. The van der Waals surface area contributed by atoms with Crippen LogP contribution in [-0.4, -0.2) is 4.98 Å². The molecule has 44 heavy (non-hydrogen) atoms. The molecule has 0 aliphatic heterocycles. The Morgan fingerprint density at radius 3 is 1.77 bits per heavy atom. The highest BCUT2D eigenvalue weighted by Crippen LogP contribution is 2.39. The molecule has 0 fully saturated rings. The van der Waals surface area contributed by atoms with Crippen LogP contribution in [0.3, 0.4) is 0 Å². The molecule has 1 aromatic heterocycles. The molecule has 1 N–H and O–H groups in total. The predicted octanol–water partition coefficient (Wildman–Crippen LogP) is 10.4. The molecule has 0 spiro atoms. The van der Waals surface area contributed by atoms with Gasteiger partial charge in [-0.1, -0.05) is 109 Å². The van der Waals surface area contributed by atoms with Gasteiger partial charge in [-0.3, -0.25) is 0 Å². The molecule has 0 aliphatic rings. The quantitative estimate of drug-likeness (QED) is 0.200. The van der Waals surface area contributed by atoms with E-state index in [0.717, 1.165) is 45.2 Å². The van der Waals surface area contributed by atoms with Gasteiger partial charge >= 0.3 is 0 Å². The summed E-state index contributed by atoms with van der Waals surface area (Å²) in [6.07, 6.45) is 0. The molecule has 8 aromatic rings. The fourth-order valence-electron chi connectivity index (χ4n) is 6.16. The SMILES string of the molecule is c1ccc(N(c2ccc(-c3ccc(-c4[nH]c5ccccc5[n+]4-c4ccccc4)cc3)cc2)c2cccc3ccccc23)cc1. The highest BCUT2D eigenvalue weighted by molar-refractivity contribution is 5.99. The maximum Gasteiger partial charge on any atom is 0.292 e. The number of nitrogens with one attached hydrogen (secondary N) is 1. The molecule has 0 amide bonds. The van der Waals surface area contributed by atoms with Gasteiger partial charge in [0.05, 0.1) is 11.3 Å². The fraction of sp³-hybridized carbons (Fsp3) is 0. The van der Waals surface area contributed by atoms with Crippen molar-refractivity contribution in [2.75, 3.05) is 4.90 Å². The zero-order valence-corrected chi connectivity index (χ0v) is 24.1. The van der Waals surface area contributed by atoms with Crippen LogP contribution in [0, 0.1) is 0 Å². The van der Waals surface area contributed by atoms with Crippen molar-refractivity contribution in [3.05, 3.63) is 176 Å². The van der Waals surface area contributed by atoms with Crippen LogP contribution in [-0.2, 0) is 0 Å². The summed E-state index contributed by atoms with van der Waals surface area (Å²) in [6, 6.07) is 62.4. The van der Waals surface area contributed by atoms with E-state index in [0.29, 0.717) is 0 Å². The third-order valence-corrected chi connectivity index (χ3v) is 8.28. The predicted molar refractivity (Wildman–Crippen MR) is 183 cm³/mol. The molecule has 0 atom stereocenters. The van der Waals surface area contributed by atoms with Crippen LogP contribution in [0.2, 0.25) is 0 Å². The average molecular weight is 565 g/mol. The van der Waals surface area contributed by atoms with Gasteiger partial charge in [-0.05, 0) is 83.2 Å². The Balaban J connectivity index is 1.16. The van der Waals surface area contributed by atoms with E-state index >= 15 is 0 Å². The van der Waals surface area contributed by atoms with Crippen molar-refractivity contribution in [3.8, 4) is 28.2 Å². The van der Waals surface area contributed by atoms with Gasteiger partial charge in [0.15, 0.2) is 11.0 Å². The van der Waals surface area contributed by atoms with Gasteiger partial charge in [0, 0.05) is 16.8 Å². The van der Waals surface area contributed by atoms with Crippen LogP contribution >= 0.6 is 0 Å². The normalized spacial score (nSPS) is 11.2. The summed E-state index contributed by atoms with van der Waals surface area (Å²) in [5.41, 5.74) is 10.3. The van der Waals surface area contributed by atoms with Crippen molar-refractivity contribution in [2.24, 2.45) is 0 Å². The Hall–Kier alpha value is -5.93. The minimum atomic E-state index is 1.06. The van der Waals surface area contributed by atoms with Crippen LogP contribution in [0.5, 0.6) is 0 Å². The second-order valence-corrected chi connectivity index (χ2v) is 11.0. The summed E-state index contributed by atoms with van der Waals surface area (Å²) in [4.78, 5) is 6.00. The molecule has 0 unspecified atom stereocenters. The molecule has 0 saturated heterocycles. The maximum atomic E-state index is 3.66. The molecular formula is C41H30N3+. The van der Waals surface area contributed by atoms with Crippen molar-refractivity contribution in [1.82, 2.24) is 4.98 Å². The summed E-state index contributed by atoms with van der Waals surface area (Å²) in [5, 5.41) is 2.45. The van der Waals surface area contributed by atoms with Crippen molar-refractivity contribution in [1.29, 1.82) is 0 Å². The lowest BCUT2D eigenvalue weighted by atomic mass is 10.0. The van der Waals surface area contributed by atoms with Gasteiger partial charge in [0.1, 0.15) is 5.69 Å². The molecule has 3 nitrogen and oxygen atoms in total. The summed E-state index contributed by atoms with van der Waals surface area (Å²) in [6.45, 7) is 0. The molecule has 1 heterocycles. The second kappa shape index (κ2) is 11.0. The van der Waals surface area contributed by atoms with Crippen LogP contribution in [0.4, 0.5) is 17.1 Å². The number of H-pyrrole nitrogens is 1. The summed E-state index contributed by atoms with van der Waals surface area (Å²) < 4.78 is 2.30. The fourth-order valence-corrected chi connectivity index (χ4v) is 6.16. The summed E-state index contributed by atoms with van der Waals surface area (Å²) in [7, 11) is 0. The van der Waals surface area contributed by atoms with Gasteiger partial charge in [0.25, 0.3) is 5.82 Å². The molecule has 0 saturated carbocycles. The number of fused-ring (bicyclic) bond motifs is 2. The van der Waals surface area contributed by atoms with E-state index in [1.807, 2.05) is 0 Å². The number of hydrogen-bond donors (Lipinski definition) is 1. The number of aromatic nitrogens is 2. The van der Waals surface area contributed by atoms with Crippen molar-refractivity contribution < 1.29 is 4.57 Å². The van der Waals surface area contributed by atoms with Gasteiger partial charge < -0.3 is 4.90 Å². The molecular weight excluding hydrogens is 534 g/mol. The molecule has 0 radical (unpaired) electrons. The van der Waals surface area contributed by atoms with Crippen molar-refractivity contribution in [3.63, 3.8) is 0 Å². The lowest BCUT2D eigenvalue weighted by Gasteiger charge is -2.27. The first kappa shape index (κ1) is 25.8. The highest BCUT2D eigenvalue weighted by atomic mass is 15.1. The van der Waals surface area contributed by atoms with Gasteiger partial charge in [-0.25, -0.2) is 4.98 Å². The lowest BCUT2D eigenvalue weighted by Crippen LogP contribution is -2.31. The Kier molecular flexibility index (Phi) is 6.47. The maximum absolute atomic E-state index is 3.66. The third kappa shape index (κ3) is 4.61. The van der Waals surface area contributed by atoms with Crippen molar-refractivity contribution >= 4 is 38.9 Å². The highest BCUT2D eigenvalue weighted by Gasteiger charge is 2.22. The van der Waals surface area contributed by atoms with Crippen LogP contribution in [0.1, 0.15) is 0 Å². The first-order chi connectivity index (χ1) is 21.8. The Labute approximate surface area is 256 Å². The topological polar surface area (TPSA) is 22.9 Å². The summed E-state index contributed by atoms with van der Waals surface area (Å²) in [5.74, 6) is 1.06. The molecule has 8 rings (SSSR count). The van der Waals surface area contributed by atoms with Crippen molar-refractivity contribution in [2.45, 2.75) is 0 Å². The first-order valence-electron chi connectivity index (χ1n) is 15.0. The molecule has 7 aromatic carbocycles. The minimum Gasteiger partial charge on any atom is -0.310 e. The van der Waals surface area contributed by atoms with Crippen LogP contribution < -0.4 is 9.47 Å². The number of para-hydroxylation sites is 4. The smallest absolute Gasteiger partial charge is 0.292 e. The van der Waals surface area contributed by atoms with E-state index in [-0.39, 0.29) is 0 Å². The Morgan fingerprint density at radius 2 is 1.00 bits per heavy atom. The Bertz CT molecular complexity index is 2190. The largest absolute Gasteiger partial charge is 0.310 e. The minimum absolute atomic E-state index is 1.06. The Morgan fingerprint density at radius 1 is 0.432 bits per heavy atom. The number of aromatic amines is 1. The van der Waals surface area contributed by atoms with Gasteiger partial charge in [0.2, 0.25) is 0 Å². The molecule has 0 bridgehead atoms. The molecule has 0 aliphatic carbocycles. The third-order valence-electron chi connectivity index (χ3n) is 8.28. The van der Waals surface area contributed by atoms with Gasteiger partial charge in [-0.15, -0.1) is 0 Å². The van der Waals surface area contributed by atoms with E-state index in [4.69, 9.17) is 0 Å². The monoisotopic (exact) mass is 564 g/mol. The van der Waals surface area contributed by atoms with E-state index in [9.17, 15) is 0 Å². The lowest BCUT2D eigenvalue weighted by molar-refractivity contribution is -0.554. The van der Waals surface area contributed by atoms with Crippen LogP contribution in [0.15, 0.2) is 176 Å². The first-order valence-corrected chi connectivity index (χ1v) is 15.0. The van der Waals surface area contributed by atoms with Crippen LogP contribution in [0.25, 0.3) is 50.0 Å². The number of benzene rings is 7. The zero-order chi connectivity index (χ0) is 29.3. The number of hydrogen-bond acceptors (Lipinski definition) is 1. The van der Waals surface area contributed by atoms with E-state index in [1.165, 1.54) is 21.9 Å². The number of imidazole rings is 1. The van der Waals surface area contributed by atoms with E-state index < -0.39 is 0 Å². The molecule has 208 valence electrons. The summed E-state index contributed by atoms with van der Waals surface area (Å²) >= 11 is 0.